The van der Waals surface area contributed by atoms with E-state index in [0.717, 1.165) is 37.7 Å². The second kappa shape index (κ2) is 9.25. The first-order valence-electron chi connectivity index (χ1n) is 8.67. The highest BCUT2D eigenvalue weighted by Crippen LogP contribution is 2.17. The SMILES string of the molecule is CCCC(NC(=O)NCc1ccc(F)cc1)C(=O)NC1CCCC1. The third kappa shape index (κ3) is 5.83. The molecule has 1 atom stereocenters. The predicted molar refractivity (Wildman–Crippen MR) is 90.9 cm³/mol. The van der Waals surface area contributed by atoms with Crippen LogP contribution in [0.2, 0.25) is 0 Å². The van der Waals surface area contributed by atoms with E-state index < -0.39 is 6.04 Å². The minimum atomic E-state index is -0.524. The molecule has 1 fully saturated rings. The van der Waals surface area contributed by atoms with Gasteiger partial charge in [0, 0.05) is 12.6 Å². The molecule has 1 aromatic carbocycles. The van der Waals surface area contributed by atoms with Gasteiger partial charge < -0.3 is 16.0 Å². The zero-order valence-corrected chi connectivity index (χ0v) is 14.1. The minimum absolute atomic E-state index is 0.110. The number of hydrogen-bond acceptors (Lipinski definition) is 2. The largest absolute Gasteiger partial charge is 0.352 e. The zero-order chi connectivity index (χ0) is 17.4. The van der Waals surface area contributed by atoms with Crippen molar-refractivity contribution in [3.8, 4) is 0 Å². The summed E-state index contributed by atoms with van der Waals surface area (Å²) in [5, 5.41) is 8.47. The van der Waals surface area contributed by atoms with Crippen molar-refractivity contribution in [2.75, 3.05) is 0 Å². The van der Waals surface area contributed by atoms with Crippen molar-refractivity contribution in [3.05, 3.63) is 35.6 Å². The standard InChI is InChI=1S/C18H26FN3O2/c1-2-5-16(17(23)21-15-6-3-4-7-15)22-18(24)20-12-13-8-10-14(19)11-9-13/h8-11,15-16H,2-7,12H2,1H3,(H,21,23)(H2,20,22,24). The lowest BCUT2D eigenvalue weighted by molar-refractivity contribution is -0.123. The fraction of sp³-hybridized carbons (Fsp3) is 0.556. The van der Waals surface area contributed by atoms with Crippen LogP contribution in [0.5, 0.6) is 0 Å². The van der Waals surface area contributed by atoms with Crippen LogP contribution in [-0.2, 0) is 11.3 Å². The Hall–Kier alpha value is -2.11. The van der Waals surface area contributed by atoms with Crippen LogP contribution in [0.25, 0.3) is 0 Å². The van der Waals surface area contributed by atoms with Crippen LogP contribution in [-0.4, -0.2) is 24.0 Å². The van der Waals surface area contributed by atoms with Gasteiger partial charge in [0.1, 0.15) is 11.9 Å². The Labute approximate surface area is 142 Å². The zero-order valence-electron chi connectivity index (χ0n) is 14.1. The quantitative estimate of drug-likeness (QED) is 0.717. The molecule has 5 nitrogen and oxygen atoms in total. The fourth-order valence-electron chi connectivity index (χ4n) is 2.92. The van der Waals surface area contributed by atoms with Crippen molar-refractivity contribution in [1.82, 2.24) is 16.0 Å². The number of nitrogens with one attached hydrogen (secondary N) is 3. The molecule has 1 saturated carbocycles. The highest BCUT2D eigenvalue weighted by Gasteiger charge is 2.24. The van der Waals surface area contributed by atoms with E-state index in [2.05, 4.69) is 16.0 Å². The number of rotatable bonds is 7. The molecule has 0 saturated heterocycles. The van der Waals surface area contributed by atoms with Crippen molar-refractivity contribution in [3.63, 3.8) is 0 Å². The van der Waals surface area contributed by atoms with E-state index in [1.54, 1.807) is 12.1 Å². The van der Waals surface area contributed by atoms with E-state index in [9.17, 15) is 14.0 Å². The van der Waals surface area contributed by atoms with Gasteiger partial charge in [-0.3, -0.25) is 4.79 Å². The van der Waals surface area contributed by atoms with Crippen LogP contribution in [0.1, 0.15) is 51.0 Å². The van der Waals surface area contributed by atoms with E-state index in [1.165, 1.54) is 12.1 Å². The molecule has 1 unspecified atom stereocenters. The second-order valence-electron chi connectivity index (χ2n) is 6.28. The molecule has 6 heteroatoms. The molecule has 0 aromatic heterocycles. The molecule has 132 valence electrons. The highest BCUT2D eigenvalue weighted by atomic mass is 19.1. The van der Waals surface area contributed by atoms with Gasteiger partial charge in [0.25, 0.3) is 0 Å². The fourth-order valence-corrected chi connectivity index (χ4v) is 2.92. The smallest absolute Gasteiger partial charge is 0.315 e. The van der Waals surface area contributed by atoms with E-state index >= 15 is 0 Å². The molecule has 3 N–H and O–H groups in total. The predicted octanol–water partition coefficient (Wildman–Crippen LogP) is 2.85. The minimum Gasteiger partial charge on any atom is -0.352 e. The number of benzene rings is 1. The first kappa shape index (κ1) is 18.2. The molecular formula is C18H26FN3O2. The second-order valence-corrected chi connectivity index (χ2v) is 6.28. The van der Waals surface area contributed by atoms with Crippen LogP contribution >= 0.6 is 0 Å². The molecule has 1 aliphatic carbocycles. The molecule has 0 heterocycles. The van der Waals surface area contributed by atoms with Gasteiger partial charge in [-0.15, -0.1) is 0 Å². The maximum Gasteiger partial charge on any atom is 0.315 e. The third-order valence-corrected chi connectivity index (χ3v) is 4.27. The lowest BCUT2D eigenvalue weighted by Gasteiger charge is -2.21. The summed E-state index contributed by atoms with van der Waals surface area (Å²) in [7, 11) is 0. The van der Waals surface area contributed by atoms with E-state index in [-0.39, 0.29) is 30.3 Å². The Kier molecular flexibility index (Phi) is 7.03. The average Bonchev–Trinajstić information content (AvgIpc) is 3.07. The number of urea groups is 1. The molecule has 0 bridgehead atoms. The van der Waals surface area contributed by atoms with Crippen LogP contribution in [0.15, 0.2) is 24.3 Å². The van der Waals surface area contributed by atoms with Crippen LogP contribution in [0, 0.1) is 5.82 Å². The van der Waals surface area contributed by atoms with E-state index in [4.69, 9.17) is 0 Å². The van der Waals surface area contributed by atoms with Crippen molar-refractivity contribution in [2.45, 2.75) is 64.1 Å². The summed E-state index contributed by atoms with van der Waals surface area (Å²) in [6.07, 6.45) is 5.73. The van der Waals surface area contributed by atoms with Crippen molar-refractivity contribution in [1.29, 1.82) is 0 Å². The Morgan fingerprint density at radius 1 is 1.21 bits per heavy atom. The van der Waals surface area contributed by atoms with Crippen LogP contribution < -0.4 is 16.0 Å². The topological polar surface area (TPSA) is 70.2 Å². The molecule has 2 rings (SSSR count). The lowest BCUT2D eigenvalue weighted by Crippen LogP contribution is -2.51. The molecule has 0 spiro atoms. The summed E-state index contributed by atoms with van der Waals surface area (Å²) in [4.78, 5) is 24.4. The Bertz CT molecular complexity index is 542. The van der Waals surface area contributed by atoms with Crippen molar-refractivity contribution < 1.29 is 14.0 Å². The molecule has 0 radical (unpaired) electrons. The summed E-state index contributed by atoms with van der Waals surface area (Å²) in [5.41, 5.74) is 0.800. The Morgan fingerprint density at radius 2 is 1.88 bits per heavy atom. The van der Waals surface area contributed by atoms with E-state index in [1.807, 2.05) is 6.92 Å². The van der Waals surface area contributed by atoms with Crippen molar-refractivity contribution in [2.24, 2.45) is 0 Å². The lowest BCUT2D eigenvalue weighted by atomic mass is 10.1. The molecule has 1 aromatic rings. The third-order valence-electron chi connectivity index (χ3n) is 4.27. The summed E-state index contributed by atoms with van der Waals surface area (Å²) in [6, 6.07) is 5.26. The maximum absolute atomic E-state index is 12.9. The summed E-state index contributed by atoms with van der Waals surface area (Å²) in [6.45, 7) is 2.27. The monoisotopic (exact) mass is 335 g/mol. The molecule has 3 amide bonds. The summed E-state index contributed by atoms with van der Waals surface area (Å²) >= 11 is 0. The molecular weight excluding hydrogens is 309 g/mol. The summed E-state index contributed by atoms with van der Waals surface area (Å²) in [5.74, 6) is -0.421. The number of carbonyl (C=O) groups excluding carboxylic acids is 2. The normalized spacial score (nSPS) is 15.8. The van der Waals surface area contributed by atoms with Crippen LogP contribution in [0.4, 0.5) is 9.18 Å². The van der Waals surface area contributed by atoms with Crippen molar-refractivity contribution >= 4 is 11.9 Å². The van der Waals surface area contributed by atoms with Gasteiger partial charge in [0.05, 0.1) is 0 Å². The van der Waals surface area contributed by atoms with Gasteiger partial charge >= 0.3 is 6.03 Å². The van der Waals surface area contributed by atoms with E-state index in [0.29, 0.717) is 6.42 Å². The Balaban J connectivity index is 1.80. The average molecular weight is 335 g/mol. The number of hydrogen-bond donors (Lipinski definition) is 3. The first-order chi connectivity index (χ1) is 11.6. The number of amides is 3. The molecule has 0 aliphatic heterocycles. The van der Waals surface area contributed by atoms with Gasteiger partial charge in [0.15, 0.2) is 0 Å². The first-order valence-corrected chi connectivity index (χ1v) is 8.67. The van der Waals surface area contributed by atoms with Gasteiger partial charge in [-0.05, 0) is 37.0 Å². The maximum atomic E-state index is 12.9. The number of halogens is 1. The molecule has 1 aliphatic rings. The van der Waals surface area contributed by atoms with Gasteiger partial charge in [-0.1, -0.05) is 38.3 Å². The van der Waals surface area contributed by atoms with Gasteiger partial charge in [-0.25, -0.2) is 9.18 Å². The molecule has 24 heavy (non-hydrogen) atoms. The highest BCUT2D eigenvalue weighted by molar-refractivity contribution is 5.87. The van der Waals surface area contributed by atoms with Crippen LogP contribution in [0.3, 0.4) is 0 Å². The van der Waals surface area contributed by atoms with Gasteiger partial charge in [-0.2, -0.15) is 0 Å². The number of carbonyl (C=O) groups is 2. The Morgan fingerprint density at radius 3 is 2.50 bits per heavy atom. The summed E-state index contributed by atoms with van der Waals surface area (Å²) < 4.78 is 12.9. The van der Waals surface area contributed by atoms with Gasteiger partial charge in [0.2, 0.25) is 5.91 Å².